The van der Waals surface area contributed by atoms with Gasteiger partial charge in [-0.2, -0.15) is 0 Å². The van der Waals surface area contributed by atoms with Gasteiger partial charge >= 0.3 is 11.9 Å². The molecule has 0 rings (SSSR count). The highest BCUT2D eigenvalue weighted by Crippen LogP contribution is 1.96. The van der Waals surface area contributed by atoms with E-state index in [0.717, 1.165) is 12.8 Å². The largest absolute Gasteiger partial charge is 0.480 e. The van der Waals surface area contributed by atoms with E-state index in [0.29, 0.717) is 13.0 Å². The average Bonchev–Trinajstić information content (AvgIpc) is 2.28. The first kappa shape index (κ1) is 19.1. The molecule has 0 aliphatic heterocycles. The third-order valence-electron chi connectivity index (χ3n) is 2.00. The lowest BCUT2D eigenvalue weighted by Gasteiger charge is -2.05. The Balaban J connectivity index is 0. The monoisotopic (exact) mass is 266 g/mol. The van der Waals surface area contributed by atoms with Gasteiger partial charge in [-0.25, -0.2) is 4.79 Å². The van der Waals surface area contributed by atoms with Gasteiger partial charge in [0.25, 0.3) is 0 Å². The standard InChI is InChI=1S/C6H14N2O2.C4H8O4/c7-4-2-1-3-5(8)6(9)10;1-2(5)3(6)4(7)8/h5H,1-4,7-8H2,(H,9,10);2-3,5-6H,1H3,(H,7,8). The molecule has 0 radical (unpaired) electrons. The van der Waals surface area contributed by atoms with Crippen molar-refractivity contribution in [2.75, 3.05) is 6.54 Å². The summed E-state index contributed by atoms with van der Waals surface area (Å²) >= 11 is 0. The number of rotatable bonds is 7. The van der Waals surface area contributed by atoms with E-state index in [1.54, 1.807) is 0 Å². The highest BCUT2D eigenvalue weighted by atomic mass is 16.4. The molecule has 0 aromatic carbocycles. The first-order valence-corrected chi connectivity index (χ1v) is 5.51. The van der Waals surface area contributed by atoms with Crippen LogP contribution >= 0.6 is 0 Å². The highest BCUT2D eigenvalue weighted by molar-refractivity contribution is 5.73. The molecule has 0 saturated heterocycles. The maximum atomic E-state index is 10.1. The van der Waals surface area contributed by atoms with Crippen LogP contribution in [0.25, 0.3) is 0 Å². The van der Waals surface area contributed by atoms with Gasteiger partial charge in [0.2, 0.25) is 0 Å². The number of unbranched alkanes of at least 4 members (excludes halogenated alkanes) is 1. The normalized spacial score (nSPS) is 14.9. The second-order valence-corrected chi connectivity index (χ2v) is 3.75. The second-order valence-electron chi connectivity index (χ2n) is 3.75. The van der Waals surface area contributed by atoms with E-state index in [9.17, 15) is 9.59 Å². The van der Waals surface area contributed by atoms with E-state index in [2.05, 4.69) is 0 Å². The van der Waals surface area contributed by atoms with Crippen LogP contribution in [0.4, 0.5) is 0 Å². The molecule has 0 aromatic rings. The fourth-order valence-electron chi connectivity index (χ4n) is 0.838. The van der Waals surface area contributed by atoms with Crippen LogP contribution in [0.1, 0.15) is 26.2 Å². The molecular weight excluding hydrogens is 244 g/mol. The van der Waals surface area contributed by atoms with Crippen molar-refractivity contribution in [1.82, 2.24) is 0 Å². The van der Waals surface area contributed by atoms with Gasteiger partial charge in [0.15, 0.2) is 6.10 Å². The first-order chi connectivity index (χ1) is 8.23. The lowest BCUT2D eigenvalue weighted by molar-refractivity contribution is -0.152. The number of aliphatic carboxylic acids is 2. The smallest absolute Gasteiger partial charge is 0.335 e. The summed E-state index contributed by atoms with van der Waals surface area (Å²) < 4.78 is 0. The number of nitrogens with two attached hydrogens (primary N) is 2. The van der Waals surface area contributed by atoms with Crippen LogP contribution in [0, 0.1) is 0 Å². The summed E-state index contributed by atoms with van der Waals surface area (Å²) in [4.78, 5) is 19.9. The van der Waals surface area contributed by atoms with Gasteiger partial charge in [0, 0.05) is 0 Å². The third-order valence-corrected chi connectivity index (χ3v) is 2.00. The third kappa shape index (κ3) is 11.3. The molecule has 0 saturated carbocycles. The number of aliphatic hydroxyl groups is 2. The van der Waals surface area contributed by atoms with Gasteiger partial charge in [-0.15, -0.1) is 0 Å². The van der Waals surface area contributed by atoms with Crippen LogP contribution in [0.5, 0.6) is 0 Å². The van der Waals surface area contributed by atoms with E-state index in [1.807, 2.05) is 0 Å². The Morgan fingerprint density at radius 3 is 1.83 bits per heavy atom. The molecule has 3 unspecified atom stereocenters. The van der Waals surface area contributed by atoms with Crippen LogP contribution in [-0.4, -0.2) is 57.2 Å². The number of hydrogen-bond acceptors (Lipinski definition) is 6. The Kier molecular flexibility index (Phi) is 11.6. The maximum absolute atomic E-state index is 10.1. The summed E-state index contributed by atoms with van der Waals surface area (Å²) in [6.45, 7) is 1.81. The fourth-order valence-corrected chi connectivity index (χ4v) is 0.838. The number of carboxylic acids is 2. The quantitative estimate of drug-likeness (QED) is 0.298. The van der Waals surface area contributed by atoms with Gasteiger partial charge in [0.1, 0.15) is 6.04 Å². The topological polar surface area (TPSA) is 167 Å². The lowest BCUT2D eigenvalue weighted by atomic mass is 10.1. The molecule has 0 bridgehead atoms. The molecule has 8 nitrogen and oxygen atoms in total. The molecule has 0 fully saturated rings. The zero-order valence-electron chi connectivity index (χ0n) is 10.3. The number of carbonyl (C=O) groups is 2. The Hall–Kier alpha value is -1.22. The van der Waals surface area contributed by atoms with E-state index in [4.69, 9.17) is 31.9 Å². The molecule has 8 heteroatoms. The molecule has 0 spiro atoms. The van der Waals surface area contributed by atoms with Crippen molar-refractivity contribution in [2.45, 2.75) is 44.4 Å². The number of hydrogen-bond donors (Lipinski definition) is 6. The lowest BCUT2D eigenvalue weighted by Crippen LogP contribution is -2.30. The first-order valence-electron chi connectivity index (χ1n) is 5.51. The molecule has 3 atom stereocenters. The molecule has 0 aliphatic carbocycles. The zero-order chi connectivity index (χ0) is 14.7. The Bertz CT molecular complexity index is 247. The van der Waals surface area contributed by atoms with Gasteiger partial charge in [-0.3, -0.25) is 4.79 Å². The van der Waals surface area contributed by atoms with Crippen molar-refractivity contribution in [3.63, 3.8) is 0 Å². The predicted molar refractivity (Wildman–Crippen MR) is 63.8 cm³/mol. The van der Waals surface area contributed by atoms with Crippen molar-refractivity contribution in [3.8, 4) is 0 Å². The van der Waals surface area contributed by atoms with Gasteiger partial charge in [-0.1, -0.05) is 6.42 Å². The van der Waals surface area contributed by atoms with Crippen LogP contribution < -0.4 is 11.5 Å². The van der Waals surface area contributed by atoms with Gasteiger partial charge < -0.3 is 31.9 Å². The minimum Gasteiger partial charge on any atom is -0.480 e. The Labute approximate surface area is 105 Å². The minimum atomic E-state index is -1.66. The average molecular weight is 266 g/mol. The molecule has 0 aromatic heterocycles. The van der Waals surface area contributed by atoms with Crippen LogP contribution in [0.15, 0.2) is 0 Å². The summed E-state index contributed by atoms with van der Waals surface area (Å²) in [5.74, 6) is -2.34. The molecule has 18 heavy (non-hydrogen) atoms. The van der Waals surface area contributed by atoms with E-state index < -0.39 is 30.2 Å². The van der Waals surface area contributed by atoms with Gasteiger partial charge in [-0.05, 0) is 26.3 Å². The minimum absolute atomic E-state index is 0.520. The van der Waals surface area contributed by atoms with Crippen LogP contribution in [-0.2, 0) is 9.59 Å². The van der Waals surface area contributed by atoms with E-state index in [1.165, 1.54) is 6.92 Å². The summed E-state index contributed by atoms with van der Waals surface area (Å²) in [5.41, 5.74) is 10.4. The summed E-state index contributed by atoms with van der Waals surface area (Å²) in [6, 6.07) is -0.716. The number of aliphatic hydroxyl groups excluding tert-OH is 2. The fraction of sp³-hybridized carbons (Fsp3) is 0.800. The van der Waals surface area contributed by atoms with Crippen molar-refractivity contribution < 1.29 is 30.0 Å². The Morgan fingerprint density at radius 1 is 1.11 bits per heavy atom. The molecule has 0 heterocycles. The molecule has 108 valence electrons. The number of carboxylic acid groups (broad SMARTS) is 2. The second kappa shape index (κ2) is 10.9. The molecule has 0 amide bonds. The molecule has 8 N–H and O–H groups in total. The summed E-state index contributed by atoms with van der Waals surface area (Å²) in [5, 5.41) is 33.0. The molecule has 0 aliphatic rings. The summed E-state index contributed by atoms with van der Waals surface area (Å²) in [6.07, 6.45) is -0.695. The summed E-state index contributed by atoms with van der Waals surface area (Å²) in [7, 11) is 0. The Morgan fingerprint density at radius 2 is 1.61 bits per heavy atom. The van der Waals surface area contributed by atoms with Gasteiger partial charge in [0.05, 0.1) is 6.10 Å². The van der Waals surface area contributed by atoms with Crippen molar-refractivity contribution >= 4 is 11.9 Å². The SMILES string of the molecule is CC(O)C(O)C(=O)O.NCCCCC(N)C(=O)O. The van der Waals surface area contributed by atoms with E-state index >= 15 is 0 Å². The highest BCUT2D eigenvalue weighted by Gasteiger charge is 2.18. The van der Waals surface area contributed by atoms with E-state index in [-0.39, 0.29) is 0 Å². The molecular formula is C10H22N2O6. The predicted octanol–water partition coefficient (Wildman–Crippen LogP) is -1.66. The van der Waals surface area contributed by atoms with Crippen molar-refractivity contribution in [1.29, 1.82) is 0 Å². The van der Waals surface area contributed by atoms with Crippen molar-refractivity contribution in [2.24, 2.45) is 11.5 Å². The van der Waals surface area contributed by atoms with Crippen LogP contribution in [0.2, 0.25) is 0 Å². The van der Waals surface area contributed by atoms with Crippen molar-refractivity contribution in [3.05, 3.63) is 0 Å². The van der Waals surface area contributed by atoms with Crippen LogP contribution in [0.3, 0.4) is 0 Å². The maximum Gasteiger partial charge on any atom is 0.335 e. The zero-order valence-corrected chi connectivity index (χ0v) is 10.3.